The number of nitrogens with one attached hydrogen (secondary N) is 1. The summed E-state index contributed by atoms with van der Waals surface area (Å²) in [4.78, 5) is 0. The number of methoxy groups -OCH3 is 1. The van der Waals surface area contributed by atoms with Gasteiger partial charge in [0.05, 0.1) is 12.9 Å². The summed E-state index contributed by atoms with van der Waals surface area (Å²) in [6.45, 7) is 2.02. The number of rotatable bonds is 6. The zero-order valence-corrected chi connectivity index (χ0v) is 11.4. The lowest BCUT2D eigenvalue weighted by molar-refractivity contribution is 0.414. The second kappa shape index (κ2) is 6.23. The summed E-state index contributed by atoms with van der Waals surface area (Å²) in [6.07, 6.45) is 0.589. The Kier molecular flexibility index (Phi) is 5.24. The van der Waals surface area contributed by atoms with Crippen molar-refractivity contribution in [3.8, 4) is 5.75 Å². The Bertz CT molecular complexity index is 474. The van der Waals surface area contributed by atoms with Crippen molar-refractivity contribution in [2.24, 2.45) is 0 Å². The van der Waals surface area contributed by atoms with Gasteiger partial charge in [-0.3, -0.25) is 0 Å². The first-order valence-corrected chi connectivity index (χ1v) is 7.31. The molecule has 96 valence electrons. The van der Waals surface area contributed by atoms with Gasteiger partial charge in [-0.25, -0.2) is 13.1 Å². The summed E-state index contributed by atoms with van der Waals surface area (Å²) >= 11 is 6.00. The maximum Gasteiger partial charge on any atom is 0.211 e. The Balaban J connectivity index is 2.70. The minimum absolute atomic E-state index is 0.126. The van der Waals surface area contributed by atoms with E-state index in [1.165, 1.54) is 0 Å². The van der Waals surface area contributed by atoms with Crippen molar-refractivity contribution in [1.29, 1.82) is 0 Å². The van der Waals surface area contributed by atoms with E-state index in [-0.39, 0.29) is 12.3 Å². The first-order valence-electron chi connectivity index (χ1n) is 5.28. The molecule has 1 aromatic rings. The van der Waals surface area contributed by atoms with Gasteiger partial charge in [-0.15, -0.1) is 0 Å². The van der Waals surface area contributed by atoms with Crippen molar-refractivity contribution in [2.75, 3.05) is 12.9 Å². The molecule has 0 unspecified atom stereocenters. The molecule has 0 fully saturated rings. The van der Waals surface area contributed by atoms with Gasteiger partial charge in [0.2, 0.25) is 10.0 Å². The largest absolute Gasteiger partial charge is 0.497 e. The van der Waals surface area contributed by atoms with Crippen LogP contribution in [-0.2, 0) is 16.6 Å². The predicted molar refractivity (Wildman–Crippen MR) is 68.9 cm³/mol. The van der Waals surface area contributed by atoms with Crippen molar-refractivity contribution in [3.05, 3.63) is 28.8 Å². The normalized spacial score (nSPS) is 11.5. The van der Waals surface area contributed by atoms with Crippen molar-refractivity contribution >= 4 is 21.6 Å². The fraction of sp³-hybridized carbons (Fsp3) is 0.455. The van der Waals surface area contributed by atoms with Crippen LogP contribution in [0.2, 0.25) is 5.02 Å². The average Bonchev–Trinajstić information content (AvgIpc) is 2.27. The highest BCUT2D eigenvalue weighted by Gasteiger charge is 2.09. The third-order valence-corrected chi connectivity index (χ3v) is 4.10. The fourth-order valence-electron chi connectivity index (χ4n) is 1.33. The Labute approximate surface area is 107 Å². The lowest BCUT2D eigenvalue weighted by Crippen LogP contribution is -2.25. The second-order valence-electron chi connectivity index (χ2n) is 3.60. The van der Waals surface area contributed by atoms with Gasteiger partial charge < -0.3 is 4.74 Å². The minimum atomic E-state index is -3.20. The summed E-state index contributed by atoms with van der Waals surface area (Å²) in [5, 5.41) is 0.489. The lowest BCUT2D eigenvalue weighted by atomic mass is 10.2. The first kappa shape index (κ1) is 14.3. The average molecular weight is 278 g/mol. The first-order chi connectivity index (χ1) is 7.98. The minimum Gasteiger partial charge on any atom is -0.497 e. The number of ether oxygens (including phenoxy) is 1. The lowest BCUT2D eigenvalue weighted by Gasteiger charge is -2.08. The maximum absolute atomic E-state index is 11.5. The third kappa shape index (κ3) is 4.53. The highest BCUT2D eigenvalue weighted by Crippen LogP contribution is 2.22. The standard InChI is InChI=1S/C11H16ClNO3S/c1-3-6-17(14,15)13-8-9-4-5-10(16-2)7-11(9)12/h4-5,7,13H,3,6,8H2,1-2H3. The van der Waals surface area contributed by atoms with Gasteiger partial charge in [-0.2, -0.15) is 0 Å². The van der Waals surface area contributed by atoms with Crippen molar-refractivity contribution in [1.82, 2.24) is 4.72 Å². The summed E-state index contributed by atoms with van der Waals surface area (Å²) < 4.78 is 30.4. The Hall–Kier alpha value is -0.780. The van der Waals surface area contributed by atoms with Crippen LogP contribution in [0.5, 0.6) is 5.75 Å². The molecule has 0 radical (unpaired) electrons. The van der Waals surface area contributed by atoms with Gasteiger partial charge in [0.15, 0.2) is 0 Å². The van der Waals surface area contributed by atoms with Gasteiger partial charge in [-0.1, -0.05) is 24.6 Å². The molecule has 17 heavy (non-hydrogen) atoms. The second-order valence-corrected chi connectivity index (χ2v) is 5.93. The zero-order valence-electron chi connectivity index (χ0n) is 9.86. The Morgan fingerprint density at radius 3 is 2.65 bits per heavy atom. The van der Waals surface area contributed by atoms with E-state index < -0.39 is 10.0 Å². The van der Waals surface area contributed by atoms with E-state index in [0.29, 0.717) is 17.2 Å². The van der Waals surface area contributed by atoms with Crippen LogP contribution in [0.1, 0.15) is 18.9 Å². The van der Waals surface area contributed by atoms with E-state index in [9.17, 15) is 8.42 Å². The molecule has 1 N–H and O–H groups in total. The molecular weight excluding hydrogens is 262 g/mol. The molecule has 1 aromatic carbocycles. The van der Waals surface area contributed by atoms with E-state index >= 15 is 0 Å². The van der Waals surface area contributed by atoms with Crippen LogP contribution < -0.4 is 9.46 Å². The highest BCUT2D eigenvalue weighted by atomic mass is 35.5. The molecule has 0 heterocycles. The smallest absolute Gasteiger partial charge is 0.211 e. The molecule has 1 rings (SSSR count). The van der Waals surface area contributed by atoms with Crippen LogP contribution in [-0.4, -0.2) is 21.3 Å². The Morgan fingerprint density at radius 1 is 1.41 bits per heavy atom. The maximum atomic E-state index is 11.5. The number of sulfonamides is 1. The fourth-order valence-corrected chi connectivity index (χ4v) is 2.62. The van der Waals surface area contributed by atoms with Crippen molar-refractivity contribution in [2.45, 2.75) is 19.9 Å². The molecule has 0 saturated carbocycles. The topological polar surface area (TPSA) is 55.4 Å². The number of halogens is 1. The van der Waals surface area contributed by atoms with Crippen molar-refractivity contribution in [3.63, 3.8) is 0 Å². The van der Waals surface area contributed by atoms with E-state index in [0.717, 1.165) is 5.56 Å². The van der Waals surface area contributed by atoms with Crippen LogP contribution in [0.3, 0.4) is 0 Å². The van der Waals surface area contributed by atoms with Crippen LogP contribution in [0.15, 0.2) is 18.2 Å². The molecular formula is C11H16ClNO3S. The van der Waals surface area contributed by atoms with E-state index in [1.807, 2.05) is 6.92 Å². The summed E-state index contributed by atoms with van der Waals surface area (Å²) in [6, 6.07) is 5.15. The molecule has 6 heteroatoms. The molecule has 0 saturated heterocycles. The summed E-state index contributed by atoms with van der Waals surface area (Å²) in [5.41, 5.74) is 0.729. The molecule has 0 bridgehead atoms. The SMILES string of the molecule is CCCS(=O)(=O)NCc1ccc(OC)cc1Cl. The number of hydrogen-bond acceptors (Lipinski definition) is 3. The quantitative estimate of drug-likeness (QED) is 0.867. The highest BCUT2D eigenvalue weighted by molar-refractivity contribution is 7.89. The van der Waals surface area contributed by atoms with E-state index in [4.69, 9.17) is 16.3 Å². The van der Waals surface area contributed by atoms with Crippen molar-refractivity contribution < 1.29 is 13.2 Å². The van der Waals surface area contributed by atoms with Crippen LogP contribution >= 0.6 is 11.6 Å². The van der Waals surface area contributed by atoms with Gasteiger partial charge >= 0.3 is 0 Å². The van der Waals surface area contributed by atoms with Crippen LogP contribution in [0, 0.1) is 0 Å². The monoisotopic (exact) mass is 277 g/mol. The molecule has 0 atom stereocenters. The zero-order chi connectivity index (χ0) is 12.9. The summed E-state index contributed by atoms with van der Waals surface area (Å²) in [5.74, 6) is 0.774. The molecule has 0 aliphatic rings. The molecule has 0 amide bonds. The van der Waals surface area contributed by atoms with Gasteiger partial charge in [0.1, 0.15) is 5.75 Å². The number of benzene rings is 1. The summed E-state index contributed by atoms with van der Waals surface area (Å²) in [7, 11) is -1.65. The third-order valence-electron chi connectivity index (χ3n) is 2.22. The molecule has 0 spiro atoms. The van der Waals surface area contributed by atoms with E-state index in [2.05, 4.69) is 4.72 Å². The van der Waals surface area contributed by atoms with Gasteiger partial charge in [-0.05, 0) is 24.1 Å². The van der Waals surface area contributed by atoms with Gasteiger partial charge in [0, 0.05) is 11.6 Å². The molecule has 0 aliphatic carbocycles. The Morgan fingerprint density at radius 2 is 2.12 bits per heavy atom. The van der Waals surface area contributed by atoms with Gasteiger partial charge in [0.25, 0.3) is 0 Å². The van der Waals surface area contributed by atoms with Crippen LogP contribution in [0.25, 0.3) is 0 Å². The number of hydrogen-bond donors (Lipinski definition) is 1. The van der Waals surface area contributed by atoms with E-state index in [1.54, 1.807) is 25.3 Å². The molecule has 0 aromatic heterocycles. The van der Waals surface area contributed by atoms with Crippen LogP contribution in [0.4, 0.5) is 0 Å². The molecule has 4 nitrogen and oxygen atoms in total. The predicted octanol–water partition coefficient (Wildman–Crippen LogP) is 2.18. The molecule has 0 aliphatic heterocycles.